The van der Waals surface area contributed by atoms with Crippen LogP contribution in [0.25, 0.3) is 0 Å². The third-order valence-electron chi connectivity index (χ3n) is 4.41. The number of anilines is 1. The maximum atomic E-state index is 10.9. The van der Waals surface area contributed by atoms with E-state index in [1.54, 1.807) is 6.07 Å². The number of fused-ring (bicyclic) bond motifs is 2. The molecule has 0 radical (unpaired) electrons. The van der Waals surface area contributed by atoms with Crippen molar-refractivity contribution >= 4 is 11.8 Å². The SMILES string of the molecule is N#Cc1cccc(N2C3CCC2CC(CC(=O)O)C3)n1. The van der Waals surface area contributed by atoms with E-state index in [0.717, 1.165) is 31.5 Å². The molecule has 0 aliphatic carbocycles. The van der Waals surface area contributed by atoms with Gasteiger partial charge in [-0.1, -0.05) is 6.07 Å². The van der Waals surface area contributed by atoms with Gasteiger partial charge in [-0.15, -0.1) is 0 Å². The van der Waals surface area contributed by atoms with Crippen molar-refractivity contribution in [1.82, 2.24) is 4.98 Å². The molecule has 0 saturated carbocycles. The molecular formula is C15H17N3O2. The number of piperidine rings is 1. The van der Waals surface area contributed by atoms with Crippen LogP contribution in [0.1, 0.15) is 37.8 Å². The van der Waals surface area contributed by atoms with Gasteiger partial charge >= 0.3 is 5.97 Å². The molecule has 3 rings (SSSR count). The van der Waals surface area contributed by atoms with E-state index < -0.39 is 5.97 Å². The van der Waals surface area contributed by atoms with Crippen molar-refractivity contribution in [3.8, 4) is 6.07 Å². The van der Waals surface area contributed by atoms with Crippen molar-refractivity contribution in [2.45, 2.75) is 44.2 Å². The Morgan fingerprint density at radius 2 is 2.10 bits per heavy atom. The number of pyridine rings is 1. The number of aromatic nitrogens is 1. The second-order valence-electron chi connectivity index (χ2n) is 5.72. The summed E-state index contributed by atoms with van der Waals surface area (Å²) in [6.45, 7) is 0. The molecule has 0 aromatic carbocycles. The quantitative estimate of drug-likeness (QED) is 0.911. The summed E-state index contributed by atoms with van der Waals surface area (Å²) in [4.78, 5) is 17.6. The van der Waals surface area contributed by atoms with Gasteiger partial charge in [0.2, 0.25) is 0 Å². The second-order valence-corrected chi connectivity index (χ2v) is 5.72. The predicted octanol–water partition coefficient (Wildman–Crippen LogP) is 2.18. The summed E-state index contributed by atoms with van der Waals surface area (Å²) < 4.78 is 0. The first-order valence-corrected chi connectivity index (χ1v) is 7.04. The van der Waals surface area contributed by atoms with Crippen LogP contribution in [0.4, 0.5) is 5.82 Å². The van der Waals surface area contributed by atoms with E-state index in [1.165, 1.54) is 0 Å². The third kappa shape index (κ3) is 2.34. The Labute approximate surface area is 117 Å². The zero-order valence-corrected chi connectivity index (χ0v) is 11.2. The highest BCUT2D eigenvalue weighted by Gasteiger charge is 2.41. The van der Waals surface area contributed by atoms with Crippen LogP contribution in [0.5, 0.6) is 0 Å². The minimum Gasteiger partial charge on any atom is -0.481 e. The lowest BCUT2D eigenvalue weighted by Crippen LogP contribution is -2.43. The number of aliphatic carboxylic acids is 1. The molecule has 0 spiro atoms. The predicted molar refractivity (Wildman–Crippen MR) is 73.2 cm³/mol. The molecule has 1 aromatic rings. The van der Waals surface area contributed by atoms with E-state index in [9.17, 15) is 4.79 Å². The fourth-order valence-corrected chi connectivity index (χ4v) is 3.71. The Kier molecular flexibility index (Phi) is 3.31. The Balaban J connectivity index is 1.80. The molecule has 5 heteroatoms. The topological polar surface area (TPSA) is 77.2 Å². The van der Waals surface area contributed by atoms with Crippen LogP contribution in [-0.2, 0) is 4.79 Å². The van der Waals surface area contributed by atoms with E-state index in [1.807, 2.05) is 12.1 Å². The lowest BCUT2D eigenvalue weighted by molar-refractivity contribution is -0.138. The summed E-state index contributed by atoms with van der Waals surface area (Å²) in [5.74, 6) is 0.443. The normalized spacial score (nSPS) is 28.1. The van der Waals surface area contributed by atoms with Crippen LogP contribution >= 0.6 is 0 Å². The van der Waals surface area contributed by atoms with Gasteiger partial charge in [0, 0.05) is 18.5 Å². The molecule has 2 aliphatic heterocycles. The Bertz CT molecular complexity index is 552. The van der Waals surface area contributed by atoms with Gasteiger partial charge in [0.1, 0.15) is 17.6 Å². The minimum absolute atomic E-state index is 0.270. The summed E-state index contributed by atoms with van der Waals surface area (Å²) in [7, 11) is 0. The number of carboxylic acids is 1. The van der Waals surface area contributed by atoms with Crippen molar-refractivity contribution in [2.24, 2.45) is 5.92 Å². The second kappa shape index (κ2) is 5.12. The lowest BCUT2D eigenvalue weighted by Gasteiger charge is -2.39. The Morgan fingerprint density at radius 3 is 2.70 bits per heavy atom. The Hall–Kier alpha value is -2.09. The van der Waals surface area contributed by atoms with Crippen molar-refractivity contribution in [3.63, 3.8) is 0 Å². The maximum absolute atomic E-state index is 10.9. The molecule has 1 N–H and O–H groups in total. The molecule has 2 aliphatic rings. The minimum atomic E-state index is -0.701. The molecular weight excluding hydrogens is 254 g/mol. The molecule has 3 heterocycles. The van der Waals surface area contributed by atoms with Crippen LogP contribution in [0.3, 0.4) is 0 Å². The number of carboxylic acid groups (broad SMARTS) is 1. The molecule has 2 saturated heterocycles. The smallest absolute Gasteiger partial charge is 0.303 e. The largest absolute Gasteiger partial charge is 0.481 e. The van der Waals surface area contributed by atoms with Gasteiger partial charge in [0.15, 0.2) is 0 Å². The fourth-order valence-electron chi connectivity index (χ4n) is 3.71. The van der Waals surface area contributed by atoms with Crippen LogP contribution in [-0.4, -0.2) is 28.1 Å². The van der Waals surface area contributed by atoms with Crippen LogP contribution < -0.4 is 4.90 Å². The zero-order chi connectivity index (χ0) is 14.1. The molecule has 104 valence electrons. The standard InChI is InChI=1S/C15H17N3O2/c16-9-11-2-1-3-14(17-11)18-12-4-5-13(18)7-10(6-12)8-15(19)20/h1-3,10,12-13H,4-8H2,(H,19,20). The number of rotatable bonds is 3. The summed E-state index contributed by atoms with van der Waals surface area (Å²) in [6, 6.07) is 8.35. The molecule has 0 amide bonds. The summed E-state index contributed by atoms with van der Waals surface area (Å²) in [6.07, 6.45) is 4.30. The van der Waals surface area contributed by atoms with Crippen LogP contribution in [0, 0.1) is 17.2 Å². The average molecular weight is 271 g/mol. The van der Waals surface area contributed by atoms with E-state index in [2.05, 4.69) is 16.0 Å². The van der Waals surface area contributed by atoms with Gasteiger partial charge in [-0.25, -0.2) is 4.98 Å². The zero-order valence-electron chi connectivity index (χ0n) is 11.2. The van der Waals surface area contributed by atoms with Crippen molar-refractivity contribution in [1.29, 1.82) is 5.26 Å². The molecule has 2 bridgehead atoms. The van der Waals surface area contributed by atoms with Gasteiger partial charge in [0.05, 0.1) is 0 Å². The summed E-state index contributed by atoms with van der Waals surface area (Å²) in [5, 5.41) is 17.9. The average Bonchev–Trinajstić information content (AvgIpc) is 2.70. The van der Waals surface area contributed by atoms with Gasteiger partial charge < -0.3 is 10.0 Å². The third-order valence-corrected chi connectivity index (χ3v) is 4.41. The van der Waals surface area contributed by atoms with Gasteiger partial charge in [-0.05, 0) is 43.7 Å². The molecule has 2 unspecified atom stereocenters. The molecule has 2 atom stereocenters. The van der Waals surface area contributed by atoms with Gasteiger partial charge in [-0.3, -0.25) is 4.79 Å². The number of nitriles is 1. The number of hydrogen-bond acceptors (Lipinski definition) is 4. The maximum Gasteiger partial charge on any atom is 0.303 e. The van der Waals surface area contributed by atoms with Crippen LogP contribution in [0.15, 0.2) is 18.2 Å². The van der Waals surface area contributed by atoms with E-state index in [-0.39, 0.29) is 12.3 Å². The highest BCUT2D eigenvalue weighted by Crippen LogP contribution is 2.41. The molecule has 1 aromatic heterocycles. The highest BCUT2D eigenvalue weighted by molar-refractivity contribution is 5.67. The molecule has 2 fully saturated rings. The summed E-state index contributed by atoms with van der Waals surface area (Å²) in [5.41, 5.74) is 0.439. The van der Waals surface area contributed by atoms with Crippen LogP contribution in [0.2, 0.25) is 0 Å². The molecule has 20 heavy (non-hydrogen) atoms. The Morgan fingerprint density at radius 1 is 1.40 bits per heavy atom. The van der Waals surface area contributed by atoms with Gasteiger partial charge in [-0.2, -0.15) is 5.26 Å². The number of hydrogen-bond donors (Lipinski definition) is 1. The monoisotopic (exact) mass is 271 g/mol. The lowest BCUT2D eigenvalue weighted by atomic mass is 9.88. The van der Waals surface area contributed by atoms with Crippen molar-refractivity contribution in [3.05, 3.63) is 23.9 Å². The van der Waals surface area contributed by atoms with Crippen molar-refractivity contribution in [2.75, 3.05) is 4.90 Å². The fraction of sp³-hybridized carbons (Fsp3) is 0.533. The van der Waals surface area contributed by atoms with E-state index >= 15 is 0 Å². The first-order valence-electron chi connectivity index (χ1n) is 7.04. The van der Waals surface area contributed by atoms with E-state index in [4.69, 9.17) is 10.4 Å². The highest BCUT2D eigenvalue weighted by atomic mass is 16.4. The van der Waals surface area contributed by atoms with Gasteiger partial charge in [0.25, 0.3) is 0 Å². The van der Waals surface area contributed by atoms with E-state index in [0.29, 0.717) is 17.8 Å². The van der Waals surface area contributed by atoms with Crippen molar-refractivity contribution < 1.29 is 9.90 Å². The number of nitrogens with zero attached hydrogens (tertiary/aromatic N) is 3. The number of carbonyl (C=O) groups is 1. The molecule has 5 nitrogen and oxygen atoms in total. The summed E-state index contributed by atoms with van der Waals surface area (Å²) >= 11 is 0. The first kappa shape index (κ1) is 12.9. The first-order chi connectivity index (χ1) is 9.67.